The van der Waals surface area contributed by atoms with Gasteiger partial charge in [-0.2, -0.15) is 0 Å². The van der Waals surface area contributed by atoms with Crippen molar-refractivity contribution in [3.8, 4) is 11.4 Å². The van der Waals surface area contributed by atoms with Crippen LogP contribution in [0, 0.1) is 12.7 Å². The molecule has 0 bridgehead atoms. The monoisotopic (exact) mass is 398 g/mol. The number of para-hydroxylation sites is 2. The third-order valence-electron chi connectivity index (χ3n) is 4.55. The molecule has 4 rings (SSSR count). The molecule has 0 saturated carbocycles. The number of carbonyl (C=O) groups excluding carboxylic acids is 1. The van der Waals surface area contributed by atoms with Gasteiger partial charge in [0.15, 0.2) is 5.82 Å². The van der Waals surface area contributed by atoms with E-state index in [9.17, 15) is 9.18 Å². The number of amides is 1. The zero-order valence-electron chi connectivity index (χ0n) is 16.3. The predicted molar refractivity (Wildman–Crippen MR) is 115 cm³/mol. The van der Waals surface area contributed by atoms with E-state index in [0.29, 0.717) is 22.6 Å². The Balaban J connectivity index is 1.63. The van der Waals surface area contributed by atoms with Gasteiger partial charge in [0.25, 0.3) is 5.91 Å². The van der Waals surface area contributed by atoms with Crippen LogP contribution in [-0.2, 0) is 0 Å². The summed E-state index contributed by atoms with van der Waals surface area (Å²) in [6, 6.07) is 25.1. The molecule has 5 nitrogen and oxygen atoms in total. The molecule has 0 aliphatic carbocycles. The molecule has 1 N–H and O–H groups in total. The van der Waals surface area contributed by atoms with E-state index in [0.717, 1.165) is 11.4 Å². The van der Waals surface area contributed by atoms with Gasteiger partial charge in [-0.05, 0) is 43.3 Å². The van der Waals surface area contributed by atoms with Crippen molar-refractivity contribution in [3.05, 3.63) is 108 Å². The fraction of sp³-hybridized carbons (Fsp3) is 0.0417. The van der Waals surface area contributed by atoms with Gasteiger partial charge in [0.1, 0.15) is 5.82 Å². The highest BCUT2D eigenvalue weighted by atomic mass is 19.1. The van der Waals surface area contributed by atoms with Gasteiger partial charge in [-0.25, -0.2) is 14.4 Å². The van der Waals surface area contributed by atoms with Crippen LogP contribution in [0.5, 0.6) is 0 Å². The van der Waals surface area contributed by atoms with Gasteiger partial charge in [-0.3, -0.25) is 15.2 Å². The fourth-order valence-corrected chi connectivity index (χ4v) is 3.05. The molecule has 3 aromatic carbocycles. The summed E-state index contributed by atoms with van der Waals surface area (Å²) in [5.41, 5.74) is 5.95. The summed E-state index contributed by atoms with van der Waals surface area (Å²) >= 11 is 0. The summed E-state index contributed by atoms with van der Waals surface area (Å²) in [5, 5.41) is 1.71. The summed E-state index contributed by atoms with van der Waals surface area (Å²) in [6.45, 7) is 1.73. The maximum atomic E-state index is 13.5. The minimum atomic E-state index is -0.364. The standard InChI is InChI=1S/C24H19FN4O/c1-17-22(16-26-23(27-17)18-9-8-10-19(25)15-18)24(30)28-29(20-11-4-2-5-12-20)21-13-6-3-7-14-21/h2-16H,1H3,(H,28,30). The molecule has 0 fully saturated rings. The van der Waals surface area contributed by atoms with Gasteiger partial charge in [0.05, 0.1) is 22.6 Å². The summed E-state index contributed by atoms with van der Waals surface area (Å²) < 4.78 is 13.5. The van der Waals surface area contributed by atoms with Gasteiger partial charge in [0, 0.05) is 11.8 Å². The Kier molecular flexibility index (Phi) is 5.48. The van der Waals surface area contributed by atoms with E-state index in [-0.39, 0.29) is 11.7 Å². The fourth-order valence-electron chi connectivity index (χ4n) is 3.05. The number of benzene rings is 3. The quantitative estimate of drug-likeness (QED) is 0.477. The molecular weight excluding hydrogens is 379 g/mol. The molecule has 0 spiro atoms. The highest BCUT2D eigenvalue weighted by molar-refractivity contribution is 5.96. The zero-order valence-corrected chi connectivity index (χ0v) is 16.3. The number of halogens is 1. The number of hydrazine groups is 1. The maximum absolute atomic E-state index is 13.5. The van der Waals surface area contributed by atoms with Crippen LogP contribution in [0.25, 0.3) is 11.4 Å². The predicted octanol–water partition coefficient (Wildman–Crippen LogP) is 5.07. The van der Waals surface area contributed by atoms with Crippen LogP contribution in [0.2, 0.25) is 0 Å². The zero-order chi connectivity index (χ0) is 20.9. The molecule has 1 aromatic heterocycles. The van der Waals surface area contributed by atoms with Gasteiger partial charge < -0.3 is 0 Å². The number of aromatic nitrogens is 2. The van der Waals surface area contributed by atoms with Crippen LogP contribution >= 0.6 is 0 Å². The lowest BCUT2D eigenvalue weighted by atomic mass is 10.2. The third-order valence-corrected chi connectivity index (χ3v) is 4.55. The van der Waals surface area contributed by atoms with Crippen LogP contribution in [0.15, 0.2) is 91.1 Å². The summed E-state index contributed by atoms with van der Waals surface area (Å²) in [6.07, 6.45) is 1.46. The van der Waals surface area contributed by atoms with Crippen LogP contribution in [0.1, 0.15) is 16.1 Å². The first-order valence-corrected chi connectivity index (χ1v) is 9.42. The van der Waals surface area contributed by atoms with Gasteiger partial charge in [0.2, 0.25) is 0 Å². The van der Waals surface area contributed by atoms with Crippen LogP contribution in [0.3, 0.4) is 0 Å². The average Bonchev–Trinajstić information content (AvgIpc) is 2.78. The molecule has 0 radical (unpaired) electrons. The van der Waals surface area contributed by atoms with Crippen LogP contribution in [-0.4, -0.2) is 15.9 Å². The number of carbonyl (C=O) groups is 1. The molecule has 4 aromatic rings. The number of nitrogens with one attached hydrogen (secondary N) is 1. The van der Waals surface area contributed by atoms with E-state index in [1.165, 1.54) is 18.3 Å². The number of rotatable bonds is 5. The number of hydrogen-bond acceptors (Lipinski definition) is 4. The lowest BCUT2D eigenvalue weighted by Gasteiger charge is -2.25. The first-order valence-electron chi connectivity index (χ1n) is 9.42. The molecular formula is C24H19FN4O. The van der Waals surface area contributed by atoms with E-state index in [1.807, 2.05) is 60.7 Å². The Labute approximate surface area is 173 Å². The van der Waals surface area contributed by atoms with Crippen LogP contribution in [0.4, 0.5) is 15.8 Å². The Hall–Kier alpha value is -4.06. The van der Waals surface area contributed by atoms with Gasteiger partial charge in [-0.1, -0.05) is 48.5 Å². The van der Waals surface area contributed by atoms with E-state index < -0.39 is 0 Å². The van der Waals surface area contributed by atoms with Crippen LogP contribution < -0.4 is 10.4 Å². The molecule has 0 aliphatic heterocycles. The van der Waals surface area contributed by atoms with Crippen molar-refractivity contribution < 1.29 is 9.18 Å². The highest BCUT2D eigenvalue weighted by Gasteiger charge is 2.17. The number of aryl methyl sites for hydroxylation is 1. The Bertz CT molecular complexity index is 1130. The molecule has 6 heteroatoms. The number of nitrogens with zero attached hydrogens (tertiary/aromatic N) is 3. The van der Waals surface area contributed by atoms with Crippen molar-refractivity contribution in [2.45, 2.75) is 6.92 Å². The van der Waals surface area contributed by atoms with Crippen molar-refractivity contribution in [2.24, 2.45) is 0 Å². The Morgan fingerprint density at radius 3 is 2.10 bits per heavy atom. The second-order valence-corrected chi connectivity index (χ2v) is 6.65. The smallest absolute Gasteiger partial charge is 0.267 e. The third kappa shape index (κ3) is 4.17. The Morgan fingerprint density at radius 1 is 0.900 bits per heavy atom. The van der Waals surface area contributed by atoms with Gasteiger partial charge in [-0.15, -0.1) is 0 Å². The lowest BCUT2D eigenvalue weighted by Crippen LogP contribution is -2.39. The van der Waals surface area contributed by atoms with Gasteiger partial charge >= 0.3 is 0 Å². The number of anilines is 2. The molecule has 148 valence electrons. The second-order valence-electron chi connectivity index (χ2n) is 6.65. The first kappa shape index (κ1) is 19.3. The Morgan fingerprint density at radius 2 is 1.53 bits per heavy atom. The van der Waals surface area contributed by atoms with E-state index in [2.05, 4.69) is 15.4 Å². The average molecular weight is 398 g/mol. The highest BCUT2D eigenvalue weighted by Crippen LogP contribution is 2.23. The van der Waals surface area contributed by atoms with Crippen molar-refractivity contribution in [3.63, 3.8) is 0 Å². The summed E-state index contributed by atoms with van der Waals surface area (Å²) in [5.74, 6) is -0.338. The van der Waals surface area contributed by atoms with Crippen molar-refractivity contribution in [1.29, 1.82) is 0 Å². The maximum Gasteiger partial charge on any atom is 0.273 e. The minimum absolute atomic E-state index is 0.340. The van der Waals surface area contributed by atoms with Crippen molar-refractivity contribution in [2.75, 3.05) is 5.01 Å². The largest absolute Gasteiger partial charge is 0.273 e. The molecule has 1 amide bonds. The SMILES string of the molecule is Cc1nc(-c2cccc(F)c2)ncc1C(=O)NN(c1ccccc1)c1ccccc1. The van der Waals surface area contributed by atoms with E-state index >= 15 is 0 Å². The topological polar surface area (TPSA) is 58.1 Å². The molecule has 0 saturated heterocycles. The molecule has 0 unspecified atom stereocenters. The molecule has 30 heavy (non-hydrogen) atoms. The van der Waals surface area contributed by atoms with Crippen molar-refractivity contribution >= 4 is 17.3 Å². The molecule has 0 atom stereocenters. The lowest BCUT2D eigenvalue weighted by molar-refractivity contribution is 0.0952. The normalized spacial score (nSPS) is 10.5. The van der Waals surface area contributed by atoms with Crippen molar-refractivity contribution in [1.82, 2.24) is 15.4 Å². The first-order chi connectivity index (χ1) is 14.6. The number of hydrogen-bond donors (Lipinski definition) is 1. The second kappa shape index (κ2) is 8.53. The summed E-state index contributed by atoms with van der Waals surface area (Å²) in [7, 11) is 0. The molecule has 1 heterocycles. The van der Waals surface area contributed by atoms with E-state index in [1.54, 1.807) is 24.1 Å². The minimum Gasteiger partial charge on any atom is -0.267 e. The molecule has 0 aliphatic rings. The summed E-state index contributed by atoms with van der Waals surface area (Å²) in [4.78, 5) is 21.7. The van der Waals surface area contributed by atoms with E-state index in [4.69, 9.17) is 0 Å².